The first kappa shape index (κ1) is 17.5. The van der Waals surface area contributed by atoms with E-state index >= 15 is 0 Å². The molecule has 0 bridgehead atoms. The molecule has 0 aromatic heterocycles. The Morgan fingerprint density at radius 3 is 2.43 bits per heavy atom. The van der Waals surface area contributed by atoms with E-state index in [9.17, 15) is 9.59 Å². The molecule has 0 radical (unpaired) electrons. The van der Waals surface area contributed by atoms with Gasteiger partial charge in [-0.25, -0.2) is 0 Å². The average molecular weight is 350 g/mol. The van der Waals surface area contributed by atoms with Crippen LogP contribution in [0.4, 0.5) is 5.69 Å². The number of nitrogens with one attached hydrogen (secondary N) is 1. The molecule has 2 rings (SSSR count). The van der Waals surface area contributed by atoms with Crippen molar-refractivity contribution >= 4 is 41.1 Å². The molecule has 0 atom stereocenters. The SMILES string of the molecule is O=CCCCCC(=O)Nc1ccc(-c2ccc(Cl)cc2)c(Cl)c1. The standard InChI is InChI=1S/C18H17Cl2NO2/c19-14-7-5-13(6-8-14)16-10-9-15(12-17(16)20)21-18(23)4-2-1-3-11-22/h5-12H,1-4H2,(H,21,23). The molecule has 3 nitrogen and oxygen atoms in total. The van der Waals surface area contributed by atoms with E-state index in [0.717, 1.165) is 23.8 Å². The van der Waals surface area contributed by atoms with Crippen molar-refractivity contribution in [3.63, 3.8) is 0 Å². The first-order valence-electron chi connectivity index (χ1n) is 7.39. The highest BCUT2D eigenvalue weighted by molar-refractivity contribution is 6.34. The maximum atomic E-state index is 11.8. The smallest absolute Gasteiger partial charge is 0.224 e. The maximum Gasteiger partial charge on any atom is 0.224 e. The Bertz CT molecular complexity index is 684. The van der Waals surface area contributed by atoms with Gasteiger partial charge < -0.3 is 10.1 Å². The molecule has 2 aromatic carbocycles. The summed E-state index contributed by atoms with van der Waals surface area (Å²) in [5, 5.41) is 4.05. The number of hydrogen-bond acceptors (Lipinski definition) is 2. The predicted molar refractivity (Wildman–Crippen MR) is 95.1 cm³/mol. The molecule has 5 heteroatoms. The molecule has 1 N–H and O–H groups in total. The second kappa shape index (κ2) is 8.70. The van der Waals surface area contributed by atoms with Crippen LogP contribution >= 0.6 is 23.2 Å². The number of hydrogen-bond donors (Lipinski definition) is 1. The van der Waals surface area contributed by atoms with Gasteiger partial charge in [0.2, 0.25) is 5.91 Å². The molecule has 2 aromatic rings. The Balaban J connectivity index is 2.00. The predicted octanol–water partition coefficient (Wildman–Crippen LogP) is 5.36. The van der Waals surface area contributed by atoms with Crippen LogP contribution in [0.2, 0.25) is 10.0 Å². The number of carbonyl (C=O) groups is 2. The summed E-state index contributed by atoms with van der Waals surface area (Å²) in [5.74, 6) is -0.0776. The highest BCUT2D eigenvalue weighted by Crippen LogP contribution is 2.31. The minimum absolute atomic E-state index is 0.0776. The summed E-state index contributed by atoms with van der Waals surface area (Å²) in [6.07, 6.45) is 3.18. The number of anilines is 1. The number of benzene rings is 2. The van der Waals surface area contributed by atoms with E-state index < -0.39 is 0 Å². The normalized spacial score (nSPS) is 10.3. The molecule has 0 spiro atoms. The molecule has 0 unspecified atom stereocenters. The average Bonchev–Trinajstić information content (AvgIpc) is 2.53. The van der Waals surface area contributed by atoms with Crippen molar-refractivity contribution in [2.75, 3.05) is 5.32 Å². The van der Waals surface area contributed by atoms with Crippen LogP contribution in [-0.4, -0.2) is 12.2 Å². The first-order valence-corrected chi connectivity index (χ1v) is 8.14. The zero-order valence-electron chi connectivity index (χ0n) is 12.5. The van der Waals surface area contributed by atoms with Crippen LogP contribution in [0, 0.1) is 0 Å². The quantitative estimate of drug-likeness (QED) is 0.540. The summed E-state index contributed by atoms with van der Waals surface area (Å²) < 4.78 is 0. The van der Waals surface area contributed by atoms with Gasteiger partial charge in [-0.05, 0) is 42.7 Å². The van der Waals surface area contributed by atoms with Crippen molar-refractivity contribution in [1.29, 1.82) is 0 Å². The van der Waals surface area contributed by atoms with Gasteiger partial charge in [0, 0.05) is 29.1 Å². The van der Waals surface area contributed by atoms with Crippen molar-refractivity contribution < 1.29 is 9.59 Å². The van der Waals surface area contributed by atoms with Crippen LogP contribution in [0.25, 0.3) is 11.1 Å². The van der Waals surface area contributed by atoms with E-state index in [4.69, 9.17) is 23.2 Å². The summed E-state index contributed by atoms with van der Waals surface area (Å²) >= 11 is 12.2. The van der Waals surface area contributed by atoms with Crippen LogP contribution in [0.5, 0.6) is 0 Å². The van der Waals surface area contributed by atoms with Gasteiger partial charge in [-0.1, -0.05) is 41.4 Å². The fourth-order valence-electron chi connectivity index (χ4n) is 2.19. The van der Waals surface area contributed by atoms with Crippen molar-refractivity contribution in [1.82, 2.24) is 0 Å². The molecule has 23 heavy (non-hydrogen) atoms. The minimum Gasteiger partial charge on any atom is -0.326 e. The molecule has 1 amide bonds. The lowest BCUT2D eigenvalue weighted by Gasteiger charge is -2.09. The Labute approximate surface area is 145 Å². The molecule has 120 valence electrons. The summed E-state index contributed by atoms with van der Waals surface area (Å²) in [5.41, 5.74) is 2.51. The van der Waals surface area contributed by atoms with Crippen molar-refractivity contribution in [2.45, 2.75) is 25.7 Å². The third-order valence-electron chi connectivity index (χ3n) is 3.38. The highest BCUT2D eigenvalue weighted by Gasteiger charge is 2.07. The van der Waals surface area contributed by atoms with Gasteiger partial charge in [0.05, 0.1) is 5.02 Å². The second-order valence-corrected chi connectivity index (χ2v) is 6.01. The van der Waals surface area contributed by atoms with Crippen LogP contribution in [0.15, 0.2) is 42.5 Å². The third-order valence-corrected chi connectivity index (χ3v) is 3.95. The van der Waals surface area contributed by atoms with Gasteiger partial charge in [-0.2, -0.15) is 0 Å². The number of aldehydes is 1. The van der Waals surface area contributed by atoms with Gasteiger partial charge in [-0.3, -0.25) is 4.79 Å². The van der Waals surface area contributed by atoms with Crippen molar-refractivity contribution in [3.8, 4) is 11.1 Å². The number of rotatable bonds is 7. The Kier molecular flexibility index (Phi) is 6.63. The largest absolute Gasteiger partial charge is 0.326 e. The minimum atomic E-state index is -0.0776. The van der Waals surface area contributed by atoms with E-state index in [-0.39, 0.29) is 5.91 Å². The zero-order chi connectivity index (χ0) is 16.7. The molecule has 0 heterocycles. The van der Waals surface area contributed by atoms with E-state index in [0.29, 0.717) is 35.0 Å². The number of unbranched alkanes of at least 4 members (excludes halogenated alkanes) is 2. The lowest BCUT2D eigenvalue weighted by atomic mass is 10.1. The topological polar surface area (TPSA) is 46.2 Å². The number of halogens is 2. The van der Waals surface area contributed by atoms with Gasteiger partial charge in [0.25, 0.3) is 0 Å². The molecule has 0 fully saturated rings. The van der Waals surface area contributed by atoms with Gasteiger partial charge in [0.1, 0.15) is 6.29 Å². The lowest BCUT2D eigenvalue weighted by molar-refractivity contribution is -0.116. The summed E-state index contributed by atoms with van der Waals surface area (Å²) in [4.78, 5) is 22.0. The number of amides is 1. The Hall–Kier alpha value is -1.84. The third kappa shape index (κ3) is 5.38. The van der Waals surface area contributed by atoms with Gasteiger partial charge >= 0.3 is 0 Å². The van der Waals surface area contributed by atoms with Gasteiger partial charge in [-0.15, -0.1) is 0 Å². The Morgan fingerprint density at radius 1 is 1.04 bits per heavy atom. The summed E-state index contributed by atoms with van der Waals surface area (Å²) in [6.45, 7) is 0. The fraction of sp³-hybridized carbons (Fsp3) is 0.222. The van der Waals surface area contributed by atoms with E-state index in [2.05, 4.69) is 5.32 Å². The van der Waals surface area contributed by atoms with Crippen molar-refractivity contribution in [3.05, 3.63) is 52.5 Å². The molecule has 0 saturated carbocycles. The highest BCUT2D eigenvalue weighted by atomic mass is 35.5. The molecule has 0 aliphatic rings. The van der Waals surface area contributed by atoms with E-state index in [1.165, 1.54) is 0 Å². The molecule has 0 aliphatic heterocycles. The van der Waals surface area contributed by atoms with Crippen LogP contribution in [-0.2, 0) is 9.59 Å². The number of carbonyl (C=O) groups excluding carboxylic acids is 2. The van der Waals surface area contributed by atoms with Crippen LogP contribution in [0.3, 0.4) is 0 Å². The molecular weight excluding hydrogens is 333 g/mol. The molecular formula is C18H17Cl2NO2. The zero-order valence-corrected chi connectivity index (χ0v) is 14.0. The van der Waals surface area contributed by atoms with E-state index in [1.807, 2.05) is 36.4 Å². The second-order valence-electron chi connectivity index (χ2n) is 5.16. The van der Waals surface area contributed by atoms with Crippen LogP contribution in [0.1, 0.15) is 25.7 Å². The monoisotopic (exact) mass is 349 g/mol. The summed E-state index contributed by atoms with van der Waals surface area (Å²) in [6, 6.07) is 12.8. The van der Waals surface area contributed by atoms with Crippen LogP contribution < -0.4 is 5.32 Å². The van der Waals surface area contributed by atoms with E-state index in [1.54, 1.807) is 6.07 Å². The molecule has 0 aliphatic carbocycles. The summed E-state index contributed by atoms with van der Waals surface area (Å²) in [7, 11) is 0. The lowest BCUT2D eigenvalue weighted by Crippen LogP contribution is -2.11. The first-order chi connectivity index (χ1) is 11.1. The van der Waals surface area contributed by atoms with Crippen molar-refractivity contribution in [2.24, 2.45) is 0 Å². The molecule has 0 saturated heterocycles. The van der Waals surface area contributed by atoms with Gasteiger partial charge in [0.15, 0.2) is 0 Å². The fourth-order valence-corrected chi connectivity index (χ4v) is 2.61. The Morgan fingerprint density at radius 2 is 1.78 bits per heavy atom. The maximum absolute atomic E-state index is 11.8.